The second kappa shape index (κ2) is 23.6. The number of carbonyl (C=O) groups excluding carboxylic acids is 1. The van der Waals surface area contributed by atoms with Crippen LogP contribution in [0.25, 0.3) is 0 Å². The SMILES string of the molecule is C[C@@H]1CC[C@@]2(OC1)O[C@H]1C[C@H]3[C@@H]4CC[C@H]5C[C@@H](O[C@@H]6O[C@H](CO)[C@H](O[C@@H]7O[C@H](CO)[C@@H](O)[C@H](O[C@@H]8CO[C@@H](O)[C@H](O)[C@H]8O)[C@H]7O[C@@H]7OC[C@@H](O)[C@H](O)[C@H]7O)[C@H](O)[C@H]6O[C@@H]6O[C@@H](O)[C@H](O)[C@@H](O)[C@H]6O)CC[C@]5(C)[C@H]4CC(=O)[C@]3(C)[C@H]1[C@@H]2C. The number of rotatable bonds is 12. The summed E-state index contributed by atoms with van der Waals surface area (Å²) in [5.41, 5.74) is -0.793. The number of fused-ring (bicyclic) bond motifs is 7. The van der Waals surface area contributed by atoms with Gasteiger partial charge in [0, 0.05) is 30.1 Å². The minimum atomic E-state index is -2.09. The van der Waals surface area contributed by atoms with E-state index in [0.29, 0.717) is 44.1 Å². The van der Waals surface area contributed by atoms with E-state index in [0.717, 1.165) is 32.1 Å². The zero-order chi connectivity index (χ0) is 57.9. The Labute approximate surface area is 468 Å². The van der Waals surface area contributed by atoms with E-state index in [4.69, 9.17) is 56.8 Å². The Morgan fingerprint density at radius 2 is 1.23 bits per heavy atom. The number of hydrogen-bond acceptors (Lipinski definition) is 27. The molecule has 7 aliphatic heterocycles. The molecule has 81 heavy (non-hydrogen) atoms. The molecule has 4 saturated carbocycles. The molecule has 7 saturated heterocycles. The van der Waals surface area contributed by atoms with Crippen LogP contribution < -0.4 is 0 Å². The van der Waals surface area contributed by atoms with Gasteiger partial charge in [0.05, 0.1) is 45.2 Å². The number of ketones is 1. The van der Waals surface area contributed by atoms with Gasteiger partial charge >= 0.3 is 0 Å². The van der Waals surface area contributed by atoms with Crippen molar-refractivity contribution >= 4 is 5.78 Å². The van der Waals surface area contributed by atoms with E-state index in [9.17, 15) is 76.3 Å². The largest absolute Gasteiger partial charge is 0.394 e. The molecule has 0 bridgehead atoms. The maximum absolute atomic E-state index is 14.9. The topological polar surface area (TPSA) is 411 Å². The second-order valence-electron chi connectivity index (χ2n) is 25.8. The summed E-state index contributed by atoms with van der Waals surface area (Å²) in [7, 11) is 0. The number of aliphatic hydroxyl groups is 14. The summed E-state index contributed by atoms with van der Waals surface area (Å²) in [4.78, 5) is 14.9. The maximum atomic E-state index is 14.9. The van der Waals surface area contributed by atoms with E-state index in [1.165, 1.54) is 0 Å². The molecule has 0 radical (unpaired) electrons. The average Bonchev–Trinajstić information content (AvgIpc) is 3.61. The van der Waals surface area contributed by atoms with Gasteiger partial charge in [0.2, 0.25) is 0 Å². The Hall–Kier alpha value is -1.37. The van der Waals surface area contributed by atoms with Crippen molar-refractivity contribution in [2.75, 3.05) is 33.0 Å². The predicted octanol–water partition coefficient (Wildman–Crippen LogP) is -4.67. The van der Waals surface area contributed by atoms with E-state index >= 15 is 0 Å². The Morgan fingerprint density at radius 1 is 0.556 bits per heavy atom. The third kappa shape index (κ3) is 10.6. The van der Waals surface area contributed by atoms with E-state index in [1.54, 1.807) is 0 Å². The van der Waals surface area contributed by atoms with Crippen LogP contribution in [0.15, 0.2) is 0 Å². The fraction of sp³-hybridized carbons (Fsp3) is 0.981. The number of ether oxygens (including phenoxy) is 12. The monoisotopic (exact) mass is 1170 g/mol. The summed E-state index contributed by atoms with van der Waals surface area (Å²) in [6.07, 6.45) is -36.5. The summed E-state index contributed by atoms with van der Waals surface area (Å²) in [6, 6.07) is 0. The van der Waals surface area contributed by atoms with Crippen molar-refractivity contribution in [3.63, 3.8) is 0 Å². The Bertz CT molecular complexity index is 2160. The average molecular weight is 1170 g/mol. The van der Waals surface area contributed by atoms with Crippen molar-refractivity contribution in [1.29, 1.82) is 0 Å². The molecule has 11 rings (SSSR count). The first-order valence-electron chi connectivity index (χ1n) is 29.1. The standard InChI is InChI=1S/C54H86O27/c1-19-7-10-54(72-16-19)20(2)32-27(81-54)12-25-23-6-5-21-11-22(8-9-52(21,3)24(23)13-31(58)53(25,32)4)73-50-44(78-49-40(66)36(62)38(64)47(69)80-49)41(67)42(29(15-56)76-50)77-51-45(79-48-39(65)33(59)26(57)17-71-48)43(35(61)28(14-55)75-51)74-30-18-70-46(68)37(63)34(30)60/h19-30,32-51,55-57,59-69H,5-18H2,1-4H3/t19-,20+,21+,22+,23-,24+,25+,26-,27+,28-,29-,30-,32+,33+,34+,35-,36-,37-,38-,39-,40-,41+,42+,43+,44-,45-,46-,47-,48+,49-,50-,51+,52+,53-,54-/m1/s1. The quantitative estimate of drug-likeness (QED) is 0.0817. The van der Waals surface area contributed by atoms with E-state index in [-0.39, 0.29) is 46.9 Å². The number of carbonyl (C=O) groups is 1. The van der Waals surface area contributed by atoms with Crippen LogP contribution in [0.3, 0.4) is 0 Å². The van der Waals surface area contributed by atoms with Gasteiger partial charge in [-0.05, 0) is 80.0 Å². The van der Waals surface area contributed by atoms with Crippen molar-refractivity contribution in [2.45, 2.75) is 245 Å². The number of Topliss-reactive ketones (excluding diaryl/α,β-unsaturated/α-hetero) is 1. The molecule has 27 heteroatoms. The molecular weight excluding hydrogens is 1080 g/mol. The summed E-state index contributed by atoms with van der Waals surface area (Å²) in [5.74, 6) is 0.844. The molecule has 464 valence electrons. The Balaban J connectivity index is 0.837. The summed E-state index contributed by atoms with van der Waals surface area (Å²) >= 11 is 0. The van der Waals surface area contributed by atoms with Crippen LogP contribution in [-0.4, -0.2) is 270 Å². The molecule has 11 fully saturated rings. The molecule has 1 spiro atoms. The van der Waals surface area contributed by atoms with Gasteiger partial charge in [-0.15, -0.1) is 0 Å². The lowest BCUT2D eigenvalue weighted by atomic mass is 9.44. The smallest absolute Gasteiger partial charge is 0.189 e. The van der Waals surface area contributed by atoms with E-state index in [1.807, 2.05) is 0 Å². The molecule has 0 aromatic carbocycles. The van der Waals surface area contributed by atoms with Crippen molar-refractivity contribution in [1.82, 2.24) is 0 Å². The lowest BCUT2D eigenvalue weighted by Crippen LogP contribution is -2.68. The van der Waals surface area contributed by atoms with Crippen molar-refractivity contribution in [2.24, 2.45) is 52.3 Å². The highest BCUT2D eigenvalue weighted by Gasteiger charge is 2.72. The van der Waals surface area contributed by atoms with Gasteiger partial charge in [0.15, 0.2) is 43.5 Å². The first-order valence-corrected chi connectivity index (χ1v) is 29.1. The van der Waals surface area contributed by atoms with Crippen LogP contribution >= 0.6 is 0 Å². The Morgan fingerprint density at radius 3 is 1.95 bits per heavy atom. The zero-order valence-corrected chi connectivity index (χ0v) is 45.9. The molecule has 14 N–H and O–H groups in total. The van der Waals surface area contributed by atoms with Gasteiger partial charge in [-0.1, -0.05) is 27.7 Å². The maximum Gasteiger partial charge on any atom is 0.189 e. The summed E-state index contributed by atoms with van der Waals surface area (Å²) in [5, 5.41) is 152. The normalized spacial score (nSPS) is 57.6. The van der Waals surface area contributed by atoms with Gasteiger partial charge in [0.1, 0.15) is 110 Å². The Kier molecular flexibility index (Phi) is 17.9. The molecule has 35 atom stereocenters. The molecule has 0 aromatic heterocycles. The first-order chi connectivity index (χ1) is 38.4. The van der Waals surface area contributed by atoms with Crippen LogP contribution in [0.2, 0.25) is 0 Å². The third-order valence-corrected chi connectivity index (χ3v) is 21.3. The number of aliphatic hydroxyl groups excluding tert-OH is 14. The molecular formula is C54H86O27. The second-order valence-corrected chi connectivity index (χ2v) is 25.8. The molecule has 0 amide bonds. The van der Waals surface area contributed by atoms with E-state index in [2.05, 4.69) is 27.7 Å². The van der Waals surface area contributed by atoms with Gasteiger partial charge < -0.3 is 128 Å². The van der Waals surface area contributed by atoms with Gasteiger partial charge in [0.25, 0.3) is 0 Å². The molecule has 0 aromatic rings. The third-order valence-electron chi connectivity index (χ3n) is 21.3. The minimum Gasteiger partial charge on any atom is -0.394 e. The summed E-state index contributed by atoms with van der Waals surface area (Å²) in [6.45, 7) is 6.53. The first kappa shape index (κ1) is 61.3. The van der Waals surface area contributed by atoms with Crippen molar-refractivity contribution in [3.8, 4) is 0 Å². The van der Waals surface area contributed by atoms with Crippen molar-refractivity contribution in [3.05, 3.63) is 0 Å². The highest BCUT2D eigenvalue weighted by molar-refractivity contribution is 5.87. The molecule has 7 heterocycles. The van der Waals surface area contributed by atoms with Crippen LogP contribution in [0.4, 0.5) is 0 Å². The minimum absolute atomic E-state index is 0.0611. The lowest BCUT2D eigenvalue weighted by Gasteiger charge is -2.61. The van der Waals surface area contributed by atoms with Crippen LogP contribution in [0, 0.1) is 52.3 Å². The zero-order valence-electron chi connectivity index (χ0n) is 45.9. The summed E-state index contributed by atoms with van der Waals surface area (Å²) < 4.78 is 73.4. The molecule has 27 nitrogen and oxygen atoms in total. The van der Waals surface area contributed by atoms with Crippen molar-refractivity contribution < 1.29 is 133 Å². The fourth-order valence-corrected chi connectivity index (χ4v) is 16.5. The highest BCUT2D eigenvalue weighted by atomic mass is 16.8. The van der Waals surface area contributed by atoms with E-state index < -0.39 is 185 Å². The fourth-order valence-electron chi connectivity index (χ4n) is 16.5. The van der Waals surface area contributed by atoms with Crippen LogP contribution in [0.1, 0.15) is 85.5 Å². The van der Waals surface area contributed by atoms with Gasteiger partial charge in [-0.2, -0.15) is 0 Å². The molecule has 0 unspecified atom stereocenters. The highest BCUT2D eigenvalue weighted by Crippen LogP contribution is 2.70. The van der Waals surface area contributed by atoms with Crippen LogP contribution in [-0.2, 0) is 61.6 Å². The lowest BCUT2D eigenvalue weighted by molar-refractivity contribution is -0.410. The van der Waals surface area contributed by atoms with Gasteiger partial charge in [-0.3, -0.25) is 4.79 Å². The molecule has 11 aliphatic rings. The van der Waals surface area contributed by atoms with Gasteiger partial charge in [-0.25, -0.2) is 0 Å². The molecule has 4 aliphatic carbocycles. The van der Waals surface area contributed by atoms with Crippen LogP contribution in [0.5, 0.6) is 0 Å². The number of hydrogen-bond donors (Lipinski definition) is 14. The predicted molar refractivity (Wildman–Crippen MR) is 264 cm³/mol.